The lowest BCUT2D eigenvalue weighted by molar-refractivity contribution is -0.116. The highest BCUT2D eigenvalue weighted by atomic mass is 32.2. The average molecular weight is 403 g/mol. The number of para-hydroxylation sites is 2. The molecule has 0 saturated heterocycles. The molecule has 1 N–H and O–H groups in total. The van der Waals surface area contributed by atoms with Crippen molar-refractivity contribution in [2.45, 2.75) is 23.5 Å². The van der Waals surface area contributed by atoms with Crippen molar-refractivity contribution in [1.29, 1.82) is 0 Å². The van der Waals surface area contributed by atoms with E-state index < -0.39 is 0 Å². The summed E-state index contributed by atoms with van der Waals surface area (Å²) in [7, 11) is 1.65. The first-order chi connectivity index (χ1) is 14.1. The van der Waals surface area contributed by atoms with E-state index in [1.165, 1.54) is 0 Å². The molecule has 0 fully saturated rings. The standard InChI is InChI=1S/C24H22N2O2S/c1-16-7-3-4-8-19(16)25-23(27)15-22-24(17-11-13-18(28-2)14-12-17)26-20-9-5-6-10-21(20)29-22/h3-14,22H,15H2,1-2H3,(H,25,27). The smallest absolute Gasteiger partial charge is 0.225 e. The highest BCUT2D eigenvalue weighted by Gasteiger charge is 2.27. The van der Waals surface area contributed by atoms with Crippen LogP contribution in [0.25, 0.3) is 0 Å². The van der Waals surface area contributed by atoms with E-state index in [1.54, 1.807) is 18.9 Å². The van der Waals surface area contributed by atoms with E-state index in [0.717, 1.165) is 38.9 Å². The third-order valence-corrected chi connectivity index (χ3v) is 6.13. The monoisotopic (exact) mass is 402 g/mol. The molecule has 5 heteroatoms. The van der Waals surface area contributed by atoms with Crippen molar-refractivity contribution < 1.29 is 9.53 Å². The van der Waals surface area contributed by atoms with E-state index in [1.807, 2.05) is 73.7 Å². The fraction of sp³-hybridized carbons (Fsp3) is 0.167. The van der Waals surface area contributed by atoms with Gasteiger partial charge in [-0.2, -0.15) is 0 Å². The Morgan fingerprint density at radius 1 is 1.03 bits per heavy atom. The number of hydrogen-bond donors (Lipinski definition) is 1. The van der Waals surface area contributed by atoms with Gasteiger partial charge in [0.15, 0.2) is 0 Å². The fourth-order valence-electron chi connectivity index (χ4n) is 3.29. The van der Waals surface area contributed by atoms with Gasteiger partial charge in [0, 0.05) is 17.0 Å². The molecule has 3 aromatic carbocycles. The van der Waals surface area contributed by atoms with Crippen LogP contribution in [0.5, 0.6) is 5.75 Å². The SMILES string of the molecule is COc1ccc(C2=Nc3ccccc3SC2CC(=O)Nc2ccccc2C)cc1. The Morgan fingerprint density at radius 3 is 2.52 bits per heavy atom. The molecule has 0 spiro atoms. The summed E-state index contributed by atoms with van der Waals surface area (Å²) in [5.41, 5.74) is 4.75. The molecule has 0 bridgehead atoms. The molecule has 0 aliphatic carbocycles. The summed E-state index contributed by atoms with van der Waals surface area (Å²) in [4.78, 5) is 18.8. The van der Waals surface area contributed by atoms with Crippen molar-refractivity contribution in [3.8, 4) is 5.75 Å². The number of rotatable bonds is 5. The first-order valence-corrected chi connectivity index (χ1v) is 10.4. The van der Waals surface area contributed by atoms with Crippen LogP contribution >= 0.6 is 11.8 Å². The Labute approximate surface area is 175 Å². The van der Waals surface area contributed by atoms with Gasteiger partial charge in [0.1, 0.15) is 5.75 Å². The van der Waals surface area contributed by atoms with Gasteiger partial charge in [0.2, 0.25) is 5.91 Å². The number of aryl methyl sites for hydroxylation is 1. The molecule has 0 saturated carbocycles. The van der Waals surface area contributed by atoms with Crippen molar-refractivity contribution in [3.05, 3.63) is 83.9 Å². The van der Waals surface area contributed by atoms with Gasteiger partial charge < -0.3 is 10.1 Å². The summed E-state index contributed by atoms with van der Waals surface area (Å²) in [6, 6.07) is 23.7. The number of amides is 1. The van der Waals surface area contributed by atoms with Crippen LogP contribution in [0.1, 0.15) is 17.5 Å². The molecule has 3 aromatic rings. The van der Waals surface area contributed by atoms with Gasteiger partial charge in [-0.3, -0.25) is 9.79 Å². The Hall–Kier alpha value is -3.05. The molecule has 29 heavy (non-hydrogen) atoms. The van der Waals surface area contributed by atoms with Crippen LogP contribution in [0.2, 0.25) is 0 Å². The van der Waals surface area contributed by atoms with E-state index in [-0.39, 0.29) is 11.2 Å². The number of anilines is 1. The number of ether oxygens (including phenoxy) is 1. The van der Waals surface area contributed by atoms with Crippen LogP contribution in [0.4, 0.5) is 11.4 Å². The second kappa shape index (κ2) is 8.53. The second-order valence-corrected chi connectivity index (χ2v) is 8.11. The van der Waals surface area contributed by atoms with E-state index in [0.29, 0.717) is 6.42 Å². The van der Waals surface area contributed by atoms with Crippen molar-refractivity contribution in [1.82, 2.24) is 0 Å². The Bertz CT molecular complexity index is 1060. The Kier molecular flexibility index (Phi) is 5.67. The first kappa shape index (κ1) is 19.3. The van der Waals surface area contributed by atoms with E-state index in [2.05, 4.69) is 11.4 Å². The Balaban J connectivity index is 1.61. The maximum Gasteiger partial charge on any atom is 0.225 e. The van der Waals surface area contributed by atoms with Gasteiger partial charge in [-0.1, -0.05) is 30.3 Å². The van der Waals surface area contributed by atoms with Crippen molar-refractivity contribution in [2.75, 3.05) is 12.4 Å². The summed E-state index contributed by atoms with van der Waals surface area (Å²) >= 11 is 1.69. The van der Waals surface area contributed by atoms with Crippen molar-refractivity contribution >= 4 is 34.8 Å². The minimum atomic E-state index is -0.0673. The van der Waals surface area contributed by atoms with Gasteiger partial charge in [0.05, 0.1) is 23.8 Å². The lowest BCUT2D eigenvalue weighted by Crippen LogP contribution is -2.27. The molecule has 4 rings (SSSR count). The topological polar surface area (TPSA) is 50.7 Å². The van der Waals surface area contributed by atoms with E-state index >= 15 is 0 Å². The minimum absolute atomic E-state index is 0.0163. The highest BCUT2D eigenvalue weighted by Crippen LogP contribution is 2.40. The molecule has 1 aliphatic heterocycles. The summed E-state index contributed by atoms with van der Waals surface area (Å²) in [5, 5.41) is 2.98. The van der Waals surface area contributed by atoms with Gasteiger partial charge in [-0.15, -0.1) is 11.8 Å². The van der Waals surface area contributed by atoms with Gasteiger partial charge in [-0.05, 0) is 60.5 Å². The number of fused-ring (bicyclic) bond motifs is 1. The number of hydrogen-bond acceptors (Lipinski definition) is 4. The lowest BCUT2D eigenvalue weighted by atomic mass is 10.0. The summed E-state index contributed by atoms with van der Waals surface area (Å²) in [6.45, 7) is 1.99. The third kappa shape index (κ3) is 4.35. The number of aliphatic imine (C=N–C) groups is 1. The van der Waals surface area contributed by atoms with Gasteiger partial charge in [-0.25, -0.2) is 0 Å². The largest absolute Gasteiger partial charge is 0.497 e. The number of benzene rings is 3. The summed E-state index contributed by atoms with van der Waals surface area (Å²) in [5.74, 6) is 0.782. The van der Waals surface area contributed by atoms with Crippen LogP contribution < -0.4 is 10.1 Å². The maximum atomic E-state index is 12.8. The number of carbonyl (C=O) groups is 1. The normalized spacial score (nSPS) is 15.2. The van der Waals surface area contributed by atoms with E-state index in [9.17, 15) is 4.79 Å². The van der Waals surface area contributed by atoms with Crippen molar-refractivity contribution in [2.24, 2.45) is 4.99 Å². The summed E-state index contributed by atoms with van der Waals surface area (Å²) < 4.78 is 5.27. The zero-order valence-electron chi connectivity index (χ0n) is 16.4. The number of nitrogens with zero attached hydrogens (tertiary/aromatic N) is 1. The second-order valence-electron chi connectivity index (χ2n) is 6.87. The molecular weight excluding hydrogens is 380 g/mol. The zero-order valence-corrected chi connectivity index (χ0v) is 17.2. The molecule has 0 radical (unpaired) electrons. The molecule has 1 atom stereocenters. The molecule has 1 unspecified atom stereocenters. The Morgan fingerprint density at radius 2 is 1.76 bits per heavy atom. The average Bonchev–Trinajstić information content (AvgIpc) is 2.75. The number of carbonyl (C=O) groups excluding carboxylic acids is 1. The maximum absolute atomic E-state index is 12.8. The van der Waals surface area contributed by atoms with Crippen LogP contribution in [-0.2, 0) is 4.79 Å². The molecule has 146 valence electrons. The lowest BCUT2D eigenvalue weighted by Gasteiger charge is -2.24. The minimum Gasteiger partial charge on any atom is -0.497 e. The van der Waals surface area contributed by atoms with Crippen LogP contribution in [0.3, 0.4) is 0 Å². The zero-order chi connectivity index (χ0) is 20.2. The van der Waals surface area contributed by atoms with E-state index in [4.69, 9.17) is 9.73 Å². The first-order valence-electron chi connectivity index (χ1n) is 9.48. The van der Waals surface area contributed by atoms with Gasteiger partial charge in [0.25, 0.3) is 0 Å². The third-order valence-electron chi connectivity index (χ3n) is 4.86. The summed E-state index contributed by atoms with van der Waals surface area (Å²) in [6.07, 6.45) is 0.345. The van der Waals surface area contributed by atoms with Crippen LogP contribution in [0.15, 0.2) is 82.7 Å². The predicted molar refractivity (Wildman–Crippen MR) is 120 cm³/mol. The van der Waals surface area contributed by atoms with Crippen LogP contribution in [0, 0.1) is 6.92 Å². The molecule has 1 heterocycles. The van der Waals surface area contributed by atoms with Crippen LogP contribution in [-0.4, -0.2) is 24.0 Å². The van der Waals surface area contributed by atoms with Crippen molar-refractivity contribution in [3.63, 3.8) is 0 Å². The molecule has 4 nitrogen and oxygen atoms in total. The number of nitrogens with one attached hydrogen (secondary N) is 1. The van der Waals surface area contributed by atoms with Gasteiger partial charge >= 0.3 is 0 Å². The molecule has 1 amide bonds. The predicted octanol–water partition coefficient (Wildman–Crippen LogP) is 5.63. The molecule has 1 aliphatic rings. The fourth-order valence-corrected chi connectivity index (χ4v) is 4.53. The molecule has 0 aromatic heterocycles. The number of thioether (sulfide) groups is 1. The molecular formula is C24H22N2O2S. The quantitative estimate of drug-likeness (QED) is 0.602. The number of methoxy groups -OCH3 is 1. The highest BCUT2D eigenvalue weighted by molar-refractivity contribution is 8.01.